The minimum absolute atomic E-state index is 0.206. The van der Waals surface area contributed by atoms with Gasteiger partial charge in [0.25, 0.3) is 0 Å². The van der Waals surface area contributed by atoms with E-state index >= 15 is 0 Å². The fraction of sp³-hybridized carbons (Fsp3) is 0.700. The Bertz CT molecular complexity index is 218. The highest BCUT2D eigenvalue weighted by Gasteiger charge is 2.21. The number of carbonyl (C=O) groups excluding carboxylic acids is 1. The molecule has 80 valence electrons. The average molecular weight is 200 g/mol. The second-order valence-corrected chi connectivity index (χ2v) is 3.40. The van der Waals surface area contributed by atoms with Gasteiger partial charge in [-0.1, -0.05) is 6.58 Å². The van der Waals surface area contributed by atoms with Gasteiger partial charge in [-0.15, -0.1) is 0 Å². The second kappa shape index (κ2) is 5.12. The van der Waals surface area contributed by atoms with Crippen molar-refractivity contribution in [2.45, 2.75) is 32.7 Å². The fourth-order valence-corrected chi connectivity index (χ4v) is 1.15. The van der Waals surface area contributed by atoms with Gasteiger partial charge < -0.3 is 14.2 Å². The molecular weight excluding hydrogens is 184 g/mol. The highest BCUT2D eigenvalue weighted by atomic mass is 16.7. The van der Waals surface area contributed by atoms with Gasteiger partial charge in [-0.05, 0) is 13.8 Å². The maximum atomic E-state index is 11.1. The zero-order chi connectivity index (χ0) is 10.6. The number of hydrogen-bond acceptors (Lipinski definition) is 4. The van der Waals surface area contributed by atoms with Crippen LogP contribution in [0.1, 0.15) is 20.3 Å². The molecule has 1 unspecified atom stereocenters. The first-order valence-electron chi connectivity index (χ1n) is 4.69. The summed E-state index contributed by atoms with van der Waals surface area (Å²) in [7, 11) is 0. The van der Waals surface area contributed by atoms with Crippen molar-refractivity contribution >= 4 is 5.97 Å². The molecule has 0 amide bonds. The third kappa shape index (κ3) is 3.47. The summed E-state index contributed by atoms with van der Waals surface area (Å²) >= 11 is 0. The molecule has 0 spiro atoms. The second-order valence-electron chi connectivity index (χ2n) is 3.40. The first kappa shape index (κ1) is 11.2. The van der Waals surface area contributed by atoms with E-state index in [2.05, 4.69) is 6.58 Å². The van der Waals surface area contributed by atoms with Crippen molar-refractivity contribution in [1.29, 1.82) is 0 Å². The summed E-state index contributed by atoms with van der Waals surface area (Å²) in [6.07, 6.45) is 0.129. The van der Waals surface area contributed by atoms with Gasteiger partial charge >= 0.3 is 5.97 Å². The molecule has 1 rings (SSSR count). The minimum Gasteiger partial charge on any atom is -0.459 e. The third-order valence-corrected chi connectivity index (χ3v) is 1.87. The molecular formula is C10H16O4. The van der Waals surface area contributed by atoms with Crippen LogP contribution in [0, 0.1) is 0 Å². The summed E-state index contributed by atoms with van der Waals surface area (Å²) in [5, 5.41) is 0. The molecule has 0 saturated carbocycles. The molecule has 4 heteroatoms. The van der Waals surface area contributed by atoms with E-state index in [0.717, 1.165) is 0 Å². The van der Waals surface area contributed by atoms with Crippen LogP contribution in [0.5, 0.6) is 0 Å². The average Bonchev–Trinajstić information content (AvgIpc) is 2.56. The van der Waals surface area contributed by atoms with E-state index in [1.54, 1.807) is 6.92 Å². The lowest BCUT2D eigenvalue weighted by Crippen LogP contribution is -2.22. The highest BCUT2D eigenvalue weighted by Crippen LogP contribution is 2.13. The number of carbonyl (C=O) groups is 1. The summed E-state index contributed by atoms with van der Waals surface area (Å²) < 4.78 is 15.5. The van der Waals surface area contributed by atoms with Crippen LogP contribution in [0.25, 0.3) is 0 Å². The SMILES string of the molecule is C=C(C)C(=O)OC(C)CC1OCCO1. The van der Waals surface area contributed by atoms with Crippen LogP contribution < -0.4 is 0 Å². The van der Waals surface area contributed by atoms with Gasteiger partial charge in [0.05, 0.1) is 13.2 Å². The Morgan fingerprint density at radius 3 is 2.64 bits per heavy atom. The van der Waals surface area contributed by atoms with Crippen molar-refractivity contribution in [3.63, 3.8) is 0 Å². The van der Waals surface area contributed by atoms with Gasteiger partial charge in [-0.3, -0.25) is 0 Å². The van der Waals surface area contributed by atoms with Crippen LogP contribution in [0.3, 0.4) is 0 Å². The molecule has 0 aromatic heterocycles. The molecule has 1 aliphatic heterocycles. The Labute approximate surface area is 83.8 Å². The van der Waals surface area contributed by atoms with Gasteiger partial charge in [0, 0.05) is 12.0 Å². The van der Waals surface area contributed by atoms with Crippen molar-refractivity contribution in [1.82, 2.24) is 0 Å². The van der Waals surface area contributed by atoms with E-state index in [0.29, 0.717) is 25.2 Å². The van der Waals surface area contributed by atoms with Crippen LogP contribution in [0.15, 0.2) is 12.2 Å². The lowest BCUT2D eigenvalue weighted by atomic mass is 10.2. The first-order chi connectivity index (χ1) is 6.59. The lowest BCUT2D eigenvalue weighted by molar-refractivity contribution is -0.147. The Morgan fingerprint density at radius 1 is 1.57 bits per heavy atom. The maximum absolute atomic E-state index is 11.1. The van der Waals surface area contributed by atoms with Crippen molar-refractivity contribution in [2.24, 2.45) is 0 Å². The van der Waals surface area contributed by atoms with Gasteiger partial charge in [-0.2, -0.15) is 0 Å². The summed E-state index contributed by atoms with van der Waals surface area (Å²) in [4.78, 5) is 11.1. The van der Waals surface area contributed by atoms with Crippen molar-refractivity contribution in [3.8, 4) is 0 Å². The standard InChI is InChI=1S/C10H16O4/c1-7(2)10(11)14-8(3)6-9-12-4-5-13-9/h8-9H,1,4-6H2,2-3H3. The molecule has 1 heterocycles. The van der Waals surface area contributed by atoms with Crippen molar-refractivity contribution < 1.29 is 19.0 Å². The van der Waals surface area contributed by atoms with E-state index < -0.39 is 0 Å². The van der Waals surface area contributed by atoms with Crippen molar-refractivity contribution in [3.05, 3.63) is 12.2 Å². The zero-order valence-corrected chi connectivity index (χ0v) is 8.62. The van der Waals surface area contributed by atoms with Crippen molar-refractivity contribution in [2.75, 3.05) is 13.2 Å². The molecule has 0 N–H and O–H groups in total. The number of esters is 1. The quantitative estimate of drug-likeness (QED) is 0.506. The Hall–Kier alpha value is -0.870. The molecule has 1 atom stereocenters. The smallest absolute Gasteiger partial charge is 0.333 e. The number of rotatable bonds is 4. The van der Waals surface area contributed by atoms with Crippen LogP contribution >= 0.6 is 0 Å². The Morgan fingerprint density at radius 2 is 2.14 bits per heavy atom. The number of hydrogen-bond donors (Lipinski definition) is 0. The molecule has 1 fully saturated rings. The van der Waals surface area contributed by atoms with Crippen LogP contribution in [-0.2, 0) is 19.0 Å². The molecule has 14 heavy (non-hydrogen) atoms. The molecule has 0 bridgehead atoms. The minimum atomic E-state index is -0.365. The van der Waals surface area contributed by atoms with Gasteiger partial charge in [-0.25, -0.2) is 4.79 Å². The Kier molecular flexibility index (Phi) is 4.10. The molecule has 0 radical (unpaired) electrons. The first-order valence-corrected chi connectivity index (χ1v) is 4.69. The Balaban J connectivity index is 2.24. The lowest BCUT2D eigenvalue weighted by Gasteiger charge is -2.16. The van der Waals surface area contributed by atoms with Crippen LogP contribution in [-0.4, -0.2) is 31.6 Å². The normalized spacial score (nSPS) is 19.3. The maximum Gasteiger partial charge on any atom is 0.333 e. The fourth-order valence-electron chi connectivity index (χ4n) is 1.15. The summed E-state index contributed by atoms with van der Waals surface area (Å²) in [5.41, 5.74) is 0.408. The van der Waals surface area contributed by atoms with Crippen LogP contribution in [0.4, 0.5) is 0 Å². The summed E-state index contributed by atoms with van der Waals surface area (Å²) in [6.45, 7) is 8.17. The largest absolute Gasteiger partial charge is 0.459 e. The predicted octanol–water partition coefficient (Wildman–Crippen LogP) is 1.26. The summed E-state index contributed by atoms with van der Waals surface area (Å²) in [6, 6.07) is 0. The predicted molar refractivity (Wildman–Crippen MR) is 50.7 cm³/mol. The third-order valence-electron chi connectivity index (χ3n) is 1.87. The molecule has 1 saturated heterocycles. The van der Waals surface area contributed by atoms with E-state index in [4.69, 9.17) is 14.2 Å². The summed E-state index contributed by atoms with van der Waals surface area (Å²) in [5.74, 6) is -0.365. The molecule has 0 aliphatic carbocycles. The van der Waals surface area contributed by atoms with E-state index in [1.165, 1.54) is 0 Å². The van der Waals surface area contributed by atoms with E-state index in [-0.39, 0.29) is 18.4 Å². The molecule has 0 aromatic rings. The highest BCUT2D eigenvalue weighted by molar-refractivity contribution is 5.87. The topological polar surface area (TPSA) is 44.8 Å². The van der Waals surface area contributed by atoms with Gasteiger partial charge in [0.2, 0.25) is 0 Å². The molecule has 4 nitrogen and oxygen atoms in total. The molecule has 0 aromatic carbocycles. The van der Waals surface area contributed by atoms with Gasteiger partial charge in [0.15, 0.2) is 6.29 Å². The van der Waals surface area contributed by atoms with Gasteiger partial charge in [0.1, 0.15) is 6.10 Å². The van der Waals surface area contributed by atoms with Crippen LogP contribution in [0.2, 0.25) is 0 Å². The monoisotopic (exact) mass is 200 g/mol. The van der Waals surface area contributed by atoms with E-state index in [1.807, 2.05) is 6.92 Å². The number of ether oxygens (including phenoxy) is 3. The zero-order valence-electron chi connectivity index (χ0n) is 8.62. The molecule has 1 aliphatic rings. The van der Waals surface area contributed by atoms with E-state index in [9.17, 15) is 4.79 Å².